The summed E-state index contributed by atoms with van der Waals surface area (Å²) in [6.45, 7) is 4.92. The van der Waals surface area contributed by atoms with Crippen molar-refractivity contribution in [2.45, 2.75) is 50.8 Å². The zero-order valence-corrected chi connectivity index (χ0v) is 21.0. The van der Waals surface area contributed by atoms with Crippen LogP contribution in [0, 0.1) is 0 Å². The number of ether oxygens (including phenoxy) is 1. The van der Waals surface area contributed by atoms with Crippen molar-refractivity contribution >= 4 is 32.9 Å². The smallest absolute Gasteiger partial charge is 0.338 e. The van der Waals surface area contributed by atoms with Gasteiger partial charge in [-0.15, -0.1) is 0 Å². The molecule has 0 heterocycles. The Morgan fingerprint density at radius 2 is 1.58 bits per heavy atom. The van der Waals surface area contributed by atoms with Gasteiger partial charge in [-0.1, -0.05) is 55.9 Å². The highest BCUT2D eigenvalue weighted by Crippen LogP contribution is 2.18. The fourth-order valence-electron chi connectivity index (χ4n) is 3.29. The molecule has 8 heteroatoms. The lowest BCUT2D eigenvalue weighted by atomic mass is 10.1. The number of nitrogens with zero attached hydrogens (tertiary/aromatic N) is 1. The molecule has 0 aliphatic rings. The first kappa shape index (κ1) is 27.1. The molecule has 0 saturated heterocycles. The molecular weight excluding hydrogens is 458 g/mol. The van der Waals surface area contributed by atoms with Crippen LogP contribution in [-0.2, 0) is 26.0 Å². The molecule has 0 atom stereocenters. The molecule has 0 bridgehead atoms. The van der Waals surface area contributed by atoms with Gasteiger partial charge in [-0.05, 0) is 55.5 Å². The summed E-state index contributed by atoms with van der Waals surface area (Å²) in [7, 11) is -3.58. The first-order chi connectivity index (χ1) is 15.9. The van der Waals surface area contributed by atoms with Gasteiger partial charge in [0.25, 0.3) is 0 Å². The Labute approximate surface area is 201 Å². The summed E-state index contributed by atoms with van der Waals surface area (Å²) >= 11 is 1.17. The second kappa shape index (κ2) is 14.2. The molecule has 2 aromatic rings. The summed E-state index contributed by atoms with van der Waals surface area (Å²) in [6, 6.07) is 15.8. The van der Waals surface area contributed by atoms with E-state index in [2.05, 4.69) is 0 Å². The number of esters is 1. The number of carbonyl (C=O) groups is 2. The first-order valence-electron chi connectivity index (χ1n) is 11.3. The largest absolute Gasteiger partial charge is 0.461 e. The third kappa shape index (κ3) is 8.95. The van der Waals surface area contributed by atoms with Gasteiger partial charge in [-0.2, -0.15) is 4.31 Å². The fourth-order valence-corrected chi connectivity index (χ4v) is 5.60. The Morgan fingerprint density at radius 3 is 2.18 bits per heavy atom. The molecule has 0 fully saturated rings. The van der Waals surface area contributed by atoms with Crippen molar-refractivity contribution < 1.29 is 22.7 Å². The summed E-state index contributed by atoms with van der Waals surface area (Å²) in [5.74, 6) is -0.138. The maximum absolute atomic E-state index is 12.8. The second-order valence-electron chi connectivity index (χ2n) is 7.62. The topological polar surface area (TPSA) is 80.8 Å². The fraction of sp³-hybridized carbons (Fsp3) is 0.440. The minimum Gasteiger partial charge on any atom is -0.461 e. The van der Waals surface area contributed by atoms with Crippen LogP contribution in [0.15, 0.2) is 59.5 Å². The van der Waals surface area contributed by atoms with Crippen LogP contribution in [0.3, 0.4) is 0 Å². The quantitative estimate of drug-likeness (QED) is 0.275. The van der Waals surface area contributed by atoms with E-state index in [1.807, 2.05) is 44.2 Å². The minimum absolute atomic E-state index is 0.0836. The SMILES string of the molecule is CCCN(CCC)S(=O)(=O)c1ccc(C(=O)OCCSC(=O)CCCc2ccccc2)cc1. The Kier molecular flexibility index (Phi) is 11.6. The standard InChI is InChI=1S/C25H33NO5S2/c1-3-17-26(18-4-2)33(29,30)23-15-13-22(14-16-23)25(28)31-19-20-32-24(27)12-8-11-21-9-6-5-7-10-21/h5-7,9-10,13-16H,3-4,8,11-12,17-20H2,1-2H3. The normalized spacial score (nSPS) is 11.5. The molecule has 0 unspecified atom stereocenters. The van der Waals surface area contributed by atoms with Gasteiger partial charge in [0.05, 0.1) is 10.5 Å². The van der Waals surface area contributed by atoms with E-state index in [0.29, 0.717) is 25.3 Å². The van der Waals surface area contributed by atoms with Gasteiger partial charge in [0.1, 0.15) is 6.61 Å². The highest BCUT2D eigenvalue weighted by molar-refractivity contribution is 8.13. The predicted molar refractivity (Wildman–Crippen MR) is 133 cm³/mol. The Morgan fingerprint density at radius 1 is 0.939 bits per heavy atom. The van der Waals surface area contributed by atoms with E-state index in [1.165, 1.54) is 45.9 Å². The van der Waals surface area contributed by atoms with E-state index in [1.54, 1.807) is 0 Å². The van der Waals surface area contributed by atoms with Gasteiger partial charge in [-0.25, -0.2) is 13.2 Å². The van der Waals surface area contributed by atoms with Crippen molar-refractivity contribution in [1.82, 2.24) is 4.31 Å². The monoisotopic (exact) mass is 491 g/mol. The Hall–Kier alpha value is -2.16. The van der Waals surface area contributed by atoms with Gasteiger partial charge >= 0.3 is 5.97 Å². The molecule has 6 nitrogen and oxygen atoms in total. The Bertz CT molecular complexity index is 970. The molecule has 0 spiro atoms. The van der Waals surface area contributed by atoms with Crippen molar-refractivity contribution in [3.05, 3.63) is 65.7 Å². The summed E-state index contributed by atoms with van der Waals surface area (Å²) < 4.78 is 32.3. The van der Waals surface area contributed by atoms with Crippen LogP contribution in [0.2, 0.25) is 0 Å². The third-order valence-corrected chi connectivity index (χ3v) is 7.75. The molecule has 0 N–H and O–H groups in total. The van der Waals surface area contributed by atoms with Crippen molar-refractivity contribution in [3.8, 4) is 0 Å². The maximum Gasteiger partial charge on any atom is 0.338 e. The van der Waals surface area contributed by atoms with Crippen molar-refractivity contribution in [3.63, 3.8) is 0 Å². The third-order valence-electron chi connectivity index (χ3n) is 4.94. The Balaban J connectivity index is 1.75. The van der Waals surface area contributed by atoms with Crippen molar-refractivity contribution in [2.24, 2.45) is 0 Å². The van der Waals surface area contributed by atoms with Crippen LogP contribution < -0.4 is 0 Å². The number of hydrogen-bond acceptors (Lipinski definition) is 6. The van der Waals surface area contributed by atoms with Crippen molar-refractivity contribution in [2.75, 3.05) is 25.4 Å². The molecule has 0 aliphatic heterocycles. The van der Waals surface area contributed by atoms with Gasteiger partial charge in [0.15, 0.2) is 5.12 Å². The molecule has 0 aliphatic carbocycles. The first-order valence-corrected chi connectivity index (χ1v) is 13.8. The van der Waals surface area contributed by atoms with Crippen LogP contribution in [0.4, 0.5) is 0 Å². The zero-order valence-electron chi connectivity index (χ0n) is 19.4. The molecule has 0 saturated carbocycles. The number of benzene rings is 2. The van der Waals surface area contributed by atoms with Gasteiger partial charge in [0, 0.05) is 25.3 Å². The zero-order chi connectivity index (χ0) is 24.1. The number of aryl methyl sites for hydroxylation is 1. The number of thioether (sulfide) groups is 1. The summed E-state index contributed by atoms with van der Waals surface area (Å²) in [6.07, 6.45) is 3.60. The summed E-state index contributed by atoms with van der Waals surface area (Å²) in [5, 5.41) is 0.0836. The van der Waals surface area contributed by atoms with E-state index in [-0.39, 0.29) is 22.2 Å². The van der Waals surface area contributed by atoms with E-state index in [0.717, 1.165) is 25.7 Å². The molecule has 180 valence electrons. The highest BCUT2D eigenvalue weighted by atomic mass is 32.2. The van der Waals surface area contributed by atoms with E-state index >= 15 is 0 Å². The average Bonchev–Trinajstić information content (AvgIpc) is 2.82. The van der Waals surface area contributed by atoms with Crippen LogP contribution in [0.1, 0.15) is 55.5 Å². The van der Waals surface area contributed by atoms with Gasteiger partial charge in [-0.3, -0.25) is 4.79 Å². The van der Waals surface area contributed by atoms with Crippen LogP contribution in [0.25, 0.3) is 0 Å². The average molecular weight is 492 g/mol. The summed E-state index contributed by atoms with van der Waals surface area (Å²) in [5.41, 5.74) is 1.50. The minimum atomic E-state index is -3.58. The molecule has 0 amide bonds. The summed E-state index contributed by atoms with van der Waals surface area (Å²) in [4.78, 5) is 24.4. The second-order valence-corrected chi connectivity index (χ2v) is 10.7. The predicted octanol–water partition coefficient (Wildman–Crippen LogP) is 4.94. The van der Waals surface area contributed by atoms with Crippen molar-refractivity contribution in [1.29, 1.82) is 0 Å². The van der Waals surface area contributed by atoms with Gasteiger partial charge < -0.3 is 4.74 Å². The van der Waals surface area contributed by atoms with E-state index in [9.17, 15) is 18.0 Å². The lowest BCUT2D eigenvalue weighted by molar-refractivity contribution is -0.111. The lowest BCUT2D eigenvalue weighted by Crippen LogP contribution is -2.32. The van der Waals surface area contributed by atoms with E-state index < -0.39 is 16.0 Å². The number of sulfonamides is 1. The number of carbonyl (C=O) groups excluding carboxylic acids is 2. The molecule has 2 aromatic carbocycles. The molecule has 0 aromatic heterocycles. The van der Waals surface area contributed by atoms with Crippen LogP contribution in [0.5, 0.6) is 0 Å². The van der Waals surface area contributed by atoms with Crippen LogP contribution >= 0.6 is 11.8 Å². The molecule has 2 rings (SSSR count). The highest BCUT2D eigenvalue weighted by Gasteiger charge is 2.23. The molecule has 33 heavy (non-hydrogen) atoms. The van der Waals surface area contributed by atoms with Crippen LogP contribution in [-0.4, -0.2) is 49.3 Å². The molecule has 0 radical (unpaired) electrons. The van der Waals surface area contributed by atoms with E-state index in [4.69, 9.17) is 4.74 Å². The maximum atomic E-state index is 12.8. The number of rotatable bonds is 14. The number of hydrogen-bond donors (Lipinski definition) is 0. The molecular formula is C25H33NO5S2. The lowest BCUT2D eigenvalue weighted by Gasteiger charge is -2.21. The van der Waals surface area contributed by atoms with Gasteiger partial charge in [0.2, 0.25) is 10.0 Å².